The summed E-state index contributed by atoms with van der Waals surface area (Å²) >= 11 is 1.72. The van der Waals surface area contributed by atoms with Crippen molar-refractivity contribution in [2.45, 2.75) is 13.5 Å². The van der Waals surface area contributed by atoms with Gasteiger partial charge in [-0.25, -0.2) is 0 Å². The van der Waals surface area contributed by atoms with E-state index >= 15 is 0 Å². The average Bonchev–Trinajstić information content (AvgIpc) is 2.92. The zero-order chi connectivity index (χ0) is 16.2. The molecule has 0 saturated heterocycles. The molecule has 3 rings (SSSR count). The Morgan fingerprint density at radius 1 is 1.22 bits per heavy atom. The second kappa shape index (κ2) is 6.68. The molecule has 0 aliphatic rings. The summed E-state index contributed by atoms with van der Waals surface area (Å²) in [7, 11) is 1.70. The highest BCUT2D eigenvalue weighted by Crippen LogP contribution is 2.25. The normalized spacial score (nSPS) is 11.4. The van der Waals surface area contributed by atoms with Gasteiger partial charge < -0.3 is 4.74 Å². The van der Waals surface area contributed by atoms with Gasteiger partial charge in [0.2, 0.25) is 12.1 Å². The van der Waals surface area contributed by atoms with Crippen molar-refractivity contribution in [2.75, 3.05) is 7.11 Å². The third-order valence-electron chi connectivity index (χ3n) is 3.70. The van der Waals surface area contributed by atoms with Crippen LogP contribution in [0.3, 0.4) is 0 Å². The first-order valence-corrected chi connectivity index (χ1v) is 8.22. The first-order valence-electron chi connectivity index (χ1n) is 7.40. The second-order valence-corrected chi connectivity index (χ2v) is 6.34. The van der Waals surface area contributed by atoms with Crippen LogP contribution in [0, 0.1) is 19.3 Å². The smallest absolute Gasteiger partial charge is 0.267 e. The van der Waals surface area contributed by atoms with Crippen molar-refractivity contribution in [3.63, 3.8) is 0 Å². The van der Waals surface area contributed by atoms with E-state index in [1.165, 1.54) is 10.3 Å². The highest BCUT2D eigenvalue weighted by atomic mass is 32.1. The number of hydrogen-bond donors (Lipinski definition) is 0. The molecule has 23 heavy (non-hydrogen) atoms. The van der Waals surface area contributed by atoms with Crippen LogP contribution in [0.4, 0.5) is 0 Å². The molecule has 2 nitrogen and oxygen atoms in total. The Hall–Kier alpha value is -2.57. The number of nitrogens with zero attached hydrogens (tertiary/aromatic N) is 1. The molecule has 0 aliphatic carbocycles. The van der Waals surface area contributed by atoms with Gasteiger partial charge in [-0.15, -0.1) is 6.42 Å². The van der Waals surface area contributed by atoms with E-state index in [0.29, 0.717) is 6.54 Å². The first kappa shape index (κ1) is 15.3. The van der Waals surface area contributed by atoms with E-state index in [1.807, 2.05) is 12.1 Å². The zero-order valence-electron chi connectivity index (χ0n) is 13.2. The Morgan fingerprint density at radius 2 is 1.96 bits per heavy atom. The fourth-order valence-corrected chi connectivity index (χ4v) is 3.60. The quantitative estimate of drug-likeness (QED) is 0.397. The number of aryl methyl sites for hydroxylation is 1. The van der Waals surface area contributed by atoms with Crippen LogP contribution in [0.1, 0.15) is 16.1 Å². The van der Waals surface area contributed by atoms with Crippen molar-refractivity contribution in [1.29, 1.82) is 0 Å². The maximum atomic E-state index is 5.61. The SMILES string of the molecule is C#CC[n+]1c(C=C(OC)c2ccc(C)cc2)sc2ccccc21. The molecule has 0 radical (unpaired) electrons. The molecule has 0 atom stereocenters. The number of thiazole rings is 1. The third-order valence-corrected chi connectivity index (χ3v) is 4.81. The van der Waals surface area contributed by atoms with Gasteiger partial charge in [-0.1, -0.05) is 53.3 Å². The highest BCUT2D eigenvalue weighted by molar-refractivity contribution is 7.18. The number of para-hydroxylation sites is 1. The summed E-state index contributed by atoms with van der Waals surface area (Å²) in [5, 5.41) is 1.08. The average molecular weight is 320 g/mol. The van der Waals surface area contributed by atoms with Gasteiger partial charge >= 0.3 is 0 Å². The van der Waals surface area contributed by atoms with Crippen molar-refractivity contribution < 1.29 is 9.30 Å². The lowest BCUT2D eigenvalue weighted by Gasteiger charge is -2.05. The Kier molecular flexibility index (Phi) is 4.45. The molecule has 3 heteroatoms. The molecule has 2 aromatic carbocycles. The molecule has 0 saturated carbocycles. The molecule has 0 spiro atoms. The van der Waals surface area contributed by atoms with Gasteiger partial charge in [-0.05, 0) is 18.9 Å². The fraction of sp³-hybridized carbons (Fsp3) is 0.150. The molecule has 3 aromatic rings. The number of fused-ring (bicyclic) bond motifs is 1. The predicted octanol–water partition coefficient (Wildman–Crippen LogP) is 4.27. The number of rotatable bonds is 4. The van der Waals surface area contributed by atoms with E-state index in [4.69, 9.17) is 11.2 Å². The van der Waals surface area contributed by atoms with Crippen molar-refractivity contribution >= 4 is 33.4 Å². The van der Waals surface area contributed by atoms with Crippen LogP contribution in [0.5, 0.6) is 0 Å². The van der Waals surface area contributed by atoms with E-state index in [1.54, 1.807) is 18.4 Å². The van der Waals surface area contributed by atoms with Gasteiger partial charge in [0.05, 0.1) is 13.2 Å². The van der Waals surface area contributed by atoms with Crippen LogP contribution < -0.4 is 4.57 Å². The van der Waals surface area contributed by atoms with Crippen LogP contribution >= 0.6 is 11.3 Å². The van der Waals surface area contributed by atoms with Crippen LogP contribution in [0.2, 0.25) is 0 Å². The molecule has 0 fully saturated rings. The van der Waals surface area contributed by atoms with E-state index in [0.717, 1.165) is 21.8 Å². The summed E-state index contributed by atoms with van der Waals surface area (Å²) in [6.07, 6.45) is 7.61. The maximum absolute atomic E-state index is 5.61. The predicted molar refractivity (Wildman–Crippen MR) is 96.9 cm³/mol. The zero-order valence-corrected chi connectivity index (χ0v) is 14.1. The number of terminal acetylenes is 1. The second-order valence-electron chi connectivity index (χ2n) is 5.28. The third kappa shape index (κ3) is 3.13. The van der Waals surface area contributed by atoms with Crippen LogP contribution in [-0.2, 0) is 11.3 Å². The van der Waals surface area contributed by atoms with Gasteiger partial charge in [0.25, 0.3) is 5.01 Å². The van der Waals surface area contributed by atoms with Crippen molar-refractivity contribution in [2.24, 2.45) is 0 Å². The summed E-state index contributed by atoms with van der Waals surface area (Å²) in [6.45, 7) is 2.62. The number of aromatic nitrogens is 1. The van der Waals surface area contributed by atoms with Gasteiger partial charge in [0.1, 0.15) is 10.5 Å². The summed E-state index contributed by atoms with van der Waals surface area (Å²) in [4.78, 5) is 0. The van der Waals surface area contributed by atoms with Crippen molar-refractivity contribution in [3.8, 4) is 12.3 Å². The van der Waals surface area contributed by atoms with Gasteiger partial charge in [0, 0.05) is 11.6 Å². The molecule has 0 unspecified atom stereocenters. The van der Waals surface area contributed by atoms with E-state index < -0.39 is 0 Å². The maximum Gasteiger partial charge on any atom is 0.267 e. The van der Waals surface area contributed by atoms with E-state index in [-0.39, 0.29) is 0 Å². The van der Waals surface area contributed by atoms with Gasteiger partial charge in [-0.3, -0.25) is 0 Å². The van der Waals surface area contributed by atoms with Crippen LogP contribution in [0.25, 0.3) is 22.1 Å². The molecule has 0 aliphatic heterocycles. The Labute approximate surface area is 140 Å². The number of methoxy groups -OCH3 is 1. The Morgan fingerprint density at radius 3 is 2.65 bits per heavy atom. The summed E-state index contributed by atoms with van der Waals surface area (Å²) in [5.41, 5.74) is 3.44. The monoisotopic (exact) mass is 320 g/mol. The lowest BCUT2D eigenvalue weighted by Crippen LogP contribution is -2.34. The summed E-state index contributed by atoms with van der Waals surface area (Å²) < 4.78 is 8.97. The number of benzene rings is 2. The minimum absolute atomic E-state index is 0.542. The molecule has 0 amide bonds. The first-order chi connectivity index (χ1) is 11.2. The molecule has 1 heterocycles. The fourth-order valence-electron chi connectivity index (χ4n) is 2.50. The number of ether oxygens (including phenoxy) is 1. The standard InChI is InChI=1S/C20H18NOS/c1-4-13-21-17-7-5-6-8-19(17)23-20(21)14-18(22-3)16-11-9-15(2)10-12-16/h1,5-12,14H,13H2,2-3H3/q+1. The molecular weight excluding hydrogens is 302 g/mol. The largest absolute Gasteiger partial charge is 0.496 e. The Balaban J connectivity index is 2.12. The molecule has 0 N–H and O–H groups in total. The highest BCUT2D eigenvalue weighted by Gasteiger charge is 2.18. The van der Waals surface area contributed by atoms with Crippen molar-refractivity contribution in [3.05, 3.63) is 64.7 Å². The summed E-state index contributed by atoms with van der Waals surface area (Å²) in [5.74, 6) is 3.58. The van der Waals surface area contributed by atoms with Crippen molar-refractivity contribution in [1.82, 2.24) is 0 Å². The van der Waals surface area contributed by atoms with Gasteiger partial charge in [0.15, 0.2) is 0 Å². The topological polar surface area (TPSA) is 13.1 Å². The Bertz CT molecular complexity index is 898. The lowest BCUT2D eigenvalue weighted by molar-refractivity contribution is -0.656. The van der Waals surface area contributed by atoms with Crippen LogP contribution in [-0.4, -0.2) is 7.11 Å². The lowest BCUT2D eigenvalue weighted by atomic mass is 10.1. The molecular formula is C20H18NOS+. The minimum atomic E-state index is 0.542. The van der Waals surface area contributed by atoms with Crippen LogP contribution in [0.15, 0.2) is 48.5 Å². The molecule has 0 bridgehead atoms. The minimum Gasteiger partial charge on any atom is -0.496 e. The van der Waals surface area contributed by atoms with Gasteiger partial charge in [-0.2, -0.15) is 4.57 Å². The van der Waals surface area contributed by atoms with E-state index in [9.17, 15) is 0 Å². The molecule has 1 aromatic heterocycles. The molecule has 114 valence electrons. The van der Waals surface area contributed by atoms with E-state index in [2.05, 4.69) is 59.9 Å². The summed E-state index contributed by atoms with van der Waals surface area (Å²) in [6, 6.07) is 16.6. The number of hydrogen-bond acceptors (Lipinski definition) is 2.